The molecule has 0 unspecified atom stereocenters. The number of anilines is 1. The monoisotopic (exact) mass is 415 g/mol. The van der Waals surface area contributed by atoms with Gasteiger partial charge >= 0.3 is 0 Å². The molecule has 3 rings (SSSR count). The largest absolute Gasteiger partial charge is 0.477 e. The van der Waals surface area contributed by atoms with Crippen LogP contribution in [0.1, 0.15) is 23.7 Å². The van der Waals surface area contributed by atoms with Crippen LogP contribution in [0.15, 0.2) is 48.5 Å². The lowest BCUT2D eigenvalue weighted by Gasteiger charge is -2.34. The molecule has 0 saturated heterocycles. The molecule has 0 aliphatic carbocycles. The van der Waals surface area contributed by atoms with Crippen LogP contribution in [0.2, 0.25) is 5.02 Å². The van der Waals surface area contributed by atoms with Gasteiger partial charge < -0.3 is 20.3 Å². The summed E-state index contributed by atoms with van der Waals surface area (Å²) in [5.74, 6) is -0.627. The Morgan fingerprint density at radius 1 is 1.10 bits per heavy atom. The van der Waals surface area contributed by atoms with Crippen LogP contribution in [0.25, 0.3) is 0 Å². The summed E-state index contributed by atoms with van der Waals surface area (Å²) in [5.41, 5.74) is 0.852. The van der Waals surface area contributed by atoms with Crippen LogP contribution >= 0.6 is 11.6 Å². The molecule has 1 aliphatic rings. The number of carbonyl (C=O) groups is 3. The van der Waals surface area contributed by atoms with Crippen molar-refractivity contribution >= 4 is 35.0 Å². The summed E-state index contributed by atoms with van der Waals surface area (Å²) < 4.78 is 5.77. The molecular formula is C21H22ClN3O4. The van der Waals surface area contributed by atoms with Gasteiger partial charge in [0, 0.05) is 6.54 Å². The number of para-hydroxylation sites is 2. The van der Waals surface area contributed by atoms with Crippen molar-refractivity contribution in [3.63, 3.8) is 0 Å². The quantitative estimate of drug-likeness (QED) is 0.758. The summed E-state index contributed by atoms with van der Waals surface area (Å²) in [6, 6.07) is 13.6. The van der Waals surface area contributed by atoms with Gasteiger partial charge in [-0.25, -0.2) is 0 Å². The predicted octanol–water partition coefficient (Wildman–Crippen LogP) is 2.39. The van der Waals surface area contributed by atoms with Gasteiger partial charge in [-0.05, 0) is 30.7 Å². The van der Waals surface area contributed by atoms with E-state index >= 15 is 0 Å². The van der Waals surface area contributed by atoms with E-state index in [4.69, 9.17) is 16.3 Å². The van der Waals surface area contributed by atoms with Gasteiger partial charge in [0.1, 0.15) is 5.75 Å². The molecule has 0 bridgehead atoms. The van der Waals surface area contributed by atoms with Crippen LogP contribution in [-0.4, -0.2) is 43.5 Å². The lowest BCUT2D eigenvalue weighted by Crippen LogP contribution is -2.52. The van der Waals surface area contributed by atoms with Gasteiger partial charge in [-0.2, -0.15) is 0 Å². The summed E-state index contributed by atoms with van der Waals surface area (Å²) in [6.45, 7) is 2.31. The molecular weight excluding hydrogens is 394 g/mol. The Labute approximate surface area is 174 Å². The maximum absolute atomic E-state index is 12.9. The number of hydrogen-bond acceptors (Lipinski definition) is 4. The summed E-state index contributed by atoms with van der Waals surface area (Å²) in [6.07, 6.45) is -0.0224. The molecule has 0 radical (unpaired) electrons. The predicted molar refractivity (Wildman–Crippen MR) is 110 cm³/mol. The Morgan fingerprint density at radius 3 is 2.59 bits per heavy atom. The first kappa shape index (κ1) is 20.7. The first-order valence-corrected chi connectivity index (χ1v) is 9.75. The highest BCUT2D eigenvalue weighted by molar-refractivity contribution is 6.33. The van der Waals surface area contributed by atoms with Gasteiger partial charge in [0.05, 0.1) is 29.4 Å². The molecule has 1 aliphatic heterocycles. The number of rotatable bonds is 6. The summed E-state index contributed by atoms with van der Waals surface area (Å²) >= 11 is 6.03. The Bertz CT molecular complexity index is 918. The Balaban J connectivity index is 1.72. The molecule has 7 nitrogen and oxygen atoms in total. The molecule has 2 aromatic rings. The van der Waals surface area contributed by atoms with E-state index in [1.54, 1.807) is 48.5 Å². The van der Waals surface area contributed by atoms with E-state index in [0.29, 0.717) is 28.6 Å². The second-order valence-electron chi connectivity index (χ2n) is 6.53. The van der Waals surface area contributed by atoms with Crippen LogP contribution in [0.3, 0.4) is 0 Å². The third-order valence-corrected chi connectivity index (χ3v) is 4.76. The molecule has 2 aromatic carbocycles. The first-order valence-electron chi connectivity index (χ1n) is 9.37. The molecule has 8 heteroatoms. The Kier molecular flexibility index (Phi) is 6.72. The zero-order chi connectivity index (χ0) is 20.8. The molecule has 2 N–H and O–H groups in total. The van der Waals surface area contributed by atoms with Crippen molar-refractivity contribution in [1.29, 1.82) is 0 Å². The first-order chi connectivity index (χ1) is 14.0. The SMILES string of the molecule is CCCNC(=O)[C@@H]1CN(C(=O)CNC(=O)c2ccccc2Cl)c2ccccc2O1. The standard InChI is InChI=1S/C21H22ClN3O4/c1-2-11-23-21(28)18-13-25(16-9-5-6-10-17(16)29-18)19(26)12-24-20(27)14-7-3-4-8-15(14)22/h3-10,18H,2,11-13H2,1H3,(H,23,28)(H,24,27)/t18-/m0/s1. The highest BCUT2D eigenvalue weighted by Crippen LogP contribution is 2.33. The average molecular weight is 416 g/mol. The molecule has 1 heterocycles. The van der Waals surface area contributed by atoms with Crippen molar-refractivity contribution in [2.24, 2.45) is 0 Å². The number of nitrogens with one attached hydrogen (secondary N) is 2. The second kappa shape index (κ2) is 9.43. The zero-order valence-electron chi connectivity index (χ0n) is 16.0. The van der Waals surface area contributed by atoms with E-state index in [-0.39, 0.29) is 24.9 Å². The minimum Gasteiger partial charge on any atom is -0.477 e. The minimum atomic E-state index is -0.820. The van der Waals surface area contributed by atoms with E-state index in [1.807, 2.05) is 6.92 Å². The van der Waals surface area contributed by atoms with Crippen molar-refractivity contribution in [3.05, 3.63) is 59.1 Å². The second-order valence-corrected chi connectivity index (χ2v) is 6.94. The molecule has 29 heavy (non-hydrogen) atoms. The fraction of sp³-hybridized carbons (Fsp3) is 0.286. The third kappa shape index (κ3) is 4.86. The fourth-order valence-corrected chi connectivity index (χ4v) is 3.18. The summed E-state index contributed by atoms with van der Waals surface area (Å²) in [4.78, 5) is 39.0. The molecule has 0 spiro atoms. The summed E-state index contributed by atoms with van der Waals surface area (Å²) in [5, 5.41) is 5.68. The van der Waals surface area contributed by atoms with E-state index in [1.165, 1.54) is 4.90 Å². The summed E-state index contributed by atoms with van der Waals surface area (Å²) in [7, 11) is 0. The van der Waals surface area contributed by atoms with Gasteiger partial charge in [0.2, 0.25) is 5.91 Å². The molecule has 0 aromatic heterocycles. The lowest BCUT2D eigenvalue weighted by atomic mass is 10.1. The van der Waals surface area contributed by atoms with Crippen LogP contribution in [0, 0.1) is 0 Å². The van der Waals surface area contributed by atoms with Gasteiger partial charge in [0.15, 0.2) is 6.10 Å². The normalized spacial score (nSPS) is 15.1. The number of halogens is 1. The molecule has 1 atom stereocenters. The smallest absolute Gasteiger partial charge is 0.262 e. The molecule has 3 amide bonds. The maximum Gasteiger partial charge on any atom is 0.262 e. The maximum atomic E-state index is 12.9. The van der Waals surface area contributed by atoms with Gasteiger partial charge in [-0.1, -0.05) is 42.8 Å². The van der Waals surface area contributed by atoms with Crippen molar-refractivity contribution in [3.8, 4) is 5.75 Å². The number of amides is 3. The fourth-order valence-electron chi connectivity index (χ4n) is 2.96. The molecule has 0 fully saturated rings. The van der Waals surface area contributed by atoms with Crippen LogP contribution in [0.4, 0.5) is 5.69 Å². The van der Waals surface area contributed by atoms with E-state index in [2.05, 4.69) is 10.6 Å². The van der Waals surface area contributed by atoms with E-state index in [0.717, 1.165) is 6.42 Å². The van der Waals surface area contributed by atoms with E-state index < -0.39 is 12.0 Å². The Hall–Kier alpha value is -3.06. The van der Waals surface area contributed by atoms with Crippen molar-refractivity contribution in [1.82, 2.24) is 10.6 Å². The lowest BCUT2D eigenvalue weighted by molar-refractivity contribution is -0.128. The minimum absolute atomic E-state index is 0.0629. The van der Waals surface area contributed by atoms with Gasteiger partial charge in [-0.3, -0.25) is 14.4 Å². The van der Waals surface area contributed by atoms with Gasteiger partial charge in [0.25, 0.3) is 11.8 Å². The Morgan fingerprint density at radius 2 is 1.83 bits per heavy atom. The zero-order valence-corrected chi connectivity index (χ0v) is 16.7. The van der Waals surface area contributed by atoms with Crippen LogP contribution < -0.4 is 20.3 Å². The number of ether oxygens (including phenoxy) is 1. The van der Waals surface area contributed by atoms with Crippen molar-refractivity contribution in [2.45, 2.75) is 19.4 Å². The number of hydrogen-bond donors (Lipinski definition) is 2. The number of benzene rings is 2. The molecule has 0 saturated carbocycles. The van der Waals surface area contributed by atoms with Crippen LogP contribution in [0.5, 0.6) is 5.75 Å². The van der Waals surface area contributed by atoms with Crippen molar-refractivity contribution in [2.75, 3.05) is 24.5 Å². The highest BCUT2D eigenvalue weighted by atomic mass is 35.5. The number of carbonyl (C=O) groups excluding carboxylic acids is 3. The third-order valence-electron chi connectivity index (χ3n) is 4.44. The van der Waals surface area contributed by atoms with Crippen molar-refractivity contribution < 1.29 is 19.1 Å². The number of fused-ring (bicyclic) bond motifs is 1. The van der Waals surface area contributed by atoms with Gasteiger partial charge in [-0.15, -0.1) is 0 Å². The number of nitrogens with zero attached hydrogens (tertiary/aromatic N) is 1. The van der Waals surface area contributed by atoms with E-state index in [9.17, 15) is 14.4 Å². The molecule has 152 valence electrons. The topological polar surface area (TPSA) is 87.7 Å². The average Bonchev–Trinajstić information content (AvgIpc) is 2.75. The highest BCUT2D eigenvalue weighted by Gasteiger charge is 2.33. The van der Waals surface area contributed by atoms with Crippen LogP contribution in [-0.2, 0) is 9.59 Å².